The quantitative estimate of drug-likeness (QED) is 0.365. The number of aryl methyl sites for hydroxylation is 1. The molecular weight excluding hydrogens is 497 g/mol. The van der Waals surface area contributed by atoms with E-state index in [0.29, 0.717) is 24.2 Å². The van der Waals surface area contributed by atoms with Gasteiger partial charge in [-0.1, -0.05) is 36.4 Å². The molecule has 0 fully saturated rings. The number of ether oxygens (including phenoxy) is 1. The van der Waals surface area contributed by atoms with Gasteiger partial charge >= 0.3 is 0 Å². The summed E-state index contributed by atoms with van der Waals surface area (Å²) in [5.41, 5.74) is 2.34. The summed E-state index contributed by atoms with van der Waals surface area (Å²) in [5.74, 6) is -1.34. The minimum Gasteiger partial charge on any atom is -0.492 e. The van der Waals surface area contributed by atoms with Crippen LogP contribution in [0.15, 0.2) is 81.4 Å². The summed E-state index contributed by atoms with van der Waals surface area (Å²) in [7, 11) is -4.43. The normalized spacial score (nSPS) is 15.0. The van der Waals surface area contributed by atoms with E-state index in [1.165, 1.54) is 47.2 Å². The number of hydrogen-bond acceptors (Lipinski definition) is 7. The zero-order valence-electron chi connectivity index (χ0n) is 20.0. The van der Waals surface area contributed by atoms with Crippen molar-refractivity contribution in [1.82, 2.24) is 14.5 Å². The average molecular weight is 522 g/mol. The second kappa shape index (κ2) is 9.87. The van der Waals surface area contributed by atoms with E-state index in [1.54, 1.807) is 6.92 Å². The highest BCUT2D eigenvalue weighted by molar-refractivity contribution is 7.91. The molecule has 2 aromatic carbocycles. The van der Waals surface area contributed by atoms with Crippen LogP contribution in [0.1, 0.15) is 36.3 Å². The summed E-state index contributed by atoms with van der Waals surface area (Å²) >= 11 is 0. The lowest BCUT2D eigenvalue weighted by Gasteiger charge is -2.21. The molecule has 10 heteroatoms. The predicted octanol–water partition coefficient (Wildman–Crippen LogP) is 4.05. The second-order valence-corrected chi connectivity index (χ2v) is 10.5. The fourth-order valence-corrected chi connectivity index (χ4v) is 6.04. The van der Waals surface area contributed by atoms with Crippen molar-refractivity contribution < 1.29 is 22.7 Å². The molecule has 2 aromatic heterocycles. The van der Waals surface area contributed by atoms with Gasteiger partial charge in [0.25, 0.3) is 5.56 Å². The molecule has 0 amide bonds. The van der Waals surface area contributed by atoms with Crippen molar-refractivity contribution in [3.05, 3.63) is 100 Å². The van der Waals surface area contributed by atoms with Crippen LogP contribution in [0.3, 0.4) is 0 Å². The Hall–Kier alpha value is -3.89. The number of benzene rings is 2. The van der Waals surface area contributed by atoms with E-state index in [-0.39, 0.29) is 17.3 Å². The highest BCUT2D eigenvalue weighted by Gasteiger charge is 2.34. The Morgan fingerprint density at radius 1 is 1.08 bits per heavy atom. The molecule has 1 N–H and O–H groups in total. The molecule has 0 saturated carbocycles. The first-order chi connectivity index (χ1) is 17.8. The highest BCUT2D eigenvalue weighted by Crippen LogP contribution is 2.35. The van der Waals surface area contributed by atoms with Crippen molar-refractivity contribution in [3.63, 3.8) is 0 Å². The van der Waals surface area contributed by atoms with Gasteiger partial charge in [-0.3, -0.25) is 9.36 Å². The number of pyridine rings is 1. The predicted molar refractivity (Wildman–Crippen MR) is 133 cm³/mol. The van der Waals surface area contributed by atoms with Gasteiger partial charge in [0, 0.05) is 18.4 Å². The topological polar surface area (TPSA) is 111 Å². The second-order valence-electron chi connectivity index (χ2n) is 8.64. The Labute approximate surface area is 213 Å². The van der Waals surface area contributed by atoms with Gasteiger partial charge < -0.3 is 9.84 Å². The van der Waals surface area contributed by atoms with Gasteiger partial charge in [0.15, 0.2) is 4.90 Å². The van der Waals surface area contributed by atoms with Crippen LogP contribution in [-0.4, -0.2) is 34.7 Å². The van der Waals surface area contributed by atoms with Crippen LogP contribution in [0.2, 0.25) is 0 Å². The van der Waals surface area contributed by atoms with E-state index in [9.17, 15) is 22.7 Å². The summed E-state index contributed by atoms with van der Waals surface area (Å²) in [6, 6.07) is 15.7. The maximum absolute atomic E-state index is 13.8. The van der Waals surface area contributed by atoms with Crippen LogP contribution in [0.5, 0.6) is 5.88 Å². The Morgan fingerprint density at radius 3 is 2.51 bits per heavy atom. The third kappa shape index (κ3) is 4.54. The molecule has 0 bridgehead atoms. The molecule has 1 aliphatic rings. The van der Waals surface area contributed by atoms with Gasteiger partial charge in [-0.2, -0.15) is 9.37 Å². The number of sulfone groups is 1. The maximum atomic E-state index is 13.8. The molecule has 0 unspecified atom stereocenters. The summed E-state index contributed by atoms with van der Waals surface area (Å²) in [6.07, 6.45) is 2.65. The van der Waals surface area contributed by atoms with E-state index < -0.39 is 38.2 Å². The number of aromatic hydroxyl groups is 1. The number of halogens is 1. The fraction of sp³-hybridized carbons (Fsp3) is 0.222. The van der Waals surface area contributed by atoms with Crippen molar-refractivity contribution >= 4 is 9.84 Å². The highest BCUT2D eigenvalue weighted by atomic mass is 32.2. The third-order valence-corrected chi connectivity index (χ3v) is 8.26. The molecule has 1 atom stereocenters. The lowest BCUT2D eigenvalue weighted by atomic mass is 10.1. The van der Waals surface area contributed by atoms with Gasteiger partial charge in [-0.15, -0.1) is 0 Å². The molecular formula is C27H24FN3O5S. The molecule has 4 aromatic rings. The van der Waals surface area contributed by atoms with Crippen LogP contribution in [0.25, 0.3) is 11.1 Å². The van der Waals surface area contributed by atoms with E-state index >= 15 is 0 Å². The van der Waals surface area contributed by atoms with Crippen LogP contribution in [-0.2, 0) is 27.6 Å². The lowest BCUT2D eigenvalue weighted by molar-refractivity contribution is 0.122. The Kier molecular flexibility index (Phi) is 6.61. The van der Waals surface area contributed by atoms with Gasteiger partial charge in [-0.05, 0) is 60.7 Å². The monoisotopic (exact) mass is 521 g/mol. The lowest BCUT2D eigenvalue weighted by Crippen LogP contribution is -2.33. The average Bonchev–Trinajstić information content (AvgIpc) is 3.31. The summed E-state index contributed by atoms with van der Waals surface area (Å²) in [4.78, 5) is 20.6. The summed E-state index contributed by atoms with van der Waals surface area (Å²) in [6.45, 7) is 2.09. The minimum absolute atomic E-state index is 0.0568. The van der Waals surface area contributed by atoms with Crippen LogP contribution in [0, 0.1) is 5.95 Å². The molecule has 1 aliphatic carbocycles. The SMILES string of the molecule is CCOCc1nc(O)c(S(=O)(=O)c2ccc(-c3ccc(F)nc3)cc2)c(=O)n1[C@H]1CCc2ccccc21. The van der Waals surface area contributed by atoms with E-state index in [2.05, 4.69) is 9.97 Å². The van der Waals surface area contributed by atoms with Crippen LogP contribution < -0.4 is 5.56 Å². The molecule has 0 radical (unpaired) electrons. The van der Waals surface area contributed by atoms with Crippen molar-refractivity contribution in [2.24, 2.45) is 0 Å². The van der Waals surface area contributed by atoms with E-state index in [4.69, 9.17) is 4.74 Å². The van der Waals surface area contributed by atoms with Gasteiger partial charge in [0.1, 0.15) is 12.4 Å². The standard InChI is InChI=1S/C27H24FN3O5S/c1-2-36-16-24-30-26(32)25(27(33)31(24)22-13-9-18-5-3-4-6-21(18)22)37(34,35)20-11-7-17(8-12-20)19-10-14-23(28)29-15-19/h3-8,10-12,14-15,22,32H,2,9,13,16H2,1H3/t22-/m0/s1. The maximum Gasteiger partial charge on any atom is 0.277 e. The molecule has 8 nitrogen and oxygen atoms in total. The Morgan fingerprint density at radius 2 is 1.81 bits per heavy atom. The Balaban J connectivity index is 1.61. The molecule has 0 aliphatic heterocycles. The molecule has 190 valence electrons. The molecule has 5 rings (SSSR count). The molecule has 2 heterocycles. The third-order valence-electron chi connectivity index (χ3n) is 6.47. The first kappa shape index (κ1) is 24.8. The van der Waals surface area contributed by atoms with Crippen molar-refractivity contribution in [3.8, 4) is 17.0 Å². The van der Waals surface area contributed by atoms with Crippen LogP contribution >= 0.6 is 0 Å². The van der Waals surface area contributed by atoms with Gasteiger partial charge in [-0.25, -0.2) is 13.4 Å². The molecule has 0 saturated heterocycles. The van der Waals surface area contributed by atoms with E-state index in [0.717, 1.165) is 17.5 Å². The largest absolute Gasteiger partial charge is 0.492 e. The zero-order valence-corrected chi connectivity index (χ0v) is 20.8. The fourth-order valence-electron chi connectivity index (χ4n) is 4.69. The number of rotatable bonds is 7. The number of aromatic nitrogens is 3. The van der Waals surface area contributed by atoms with Crippen molar-refractivity contribution in [2.75, 3.05) is 6.61 Å². The summed E-state index contributed by atoms with van der Waals surface area (Å²) < 4.78 is 47.2. The van der Waals surface area contributed by atoms with Crippen molar-refractivity contribution in [2.45, 2.75) is 42.2 Å². The van der Waals surface area contributed by atoms with Crippen LogP contribution in [0.4, 0.5) is 4.39 Å². The van der Waals surface area contributed by atoms with Gasteiger partial charge in [0.2, 0.25) is 21.7 Å². The minimum atomic E-state index is -4.43. The van der Waals surface area contributed by atoms with E-state index in [1.807, 2.05) is 24.3 Å². The van der Waals surface area contributed by atoms with Crippen molar-refractivity contribution in [1.29, 1.82) is 0 Å². The zero-order chi connectivity index (χ0) is 26.2. The Bertz CT molecular complexity index is 1620. The van der Waals surface area contributed by atoms with Gasteiger partial charge in [0.05, 0.1) is 10.9 Å². The number of hydrogen-bond donors (Lipinski definition) is 1. The summed E-state index contributed by atoms with van der Waals surface area (Å²) in [5, 5.41) is 10.7. The first-order valence-corrected chi connectivity index (χ1v) is 13.3. The smallest absolute Gasteiger partial charge is 0.277 e. The number of nitrogens with zero attached hydrogens (tertiary/aromatic N) is 3. The number of fused-ring (bicyclic) bond motifs is 1. The molecule has 37 heavy (non-hydrogen) atoms. The first-order valence-electron chi connectivity index (χ1n) is 11.8. The molecule has 0 spiro atoms.